The highest BCUT2D eigenvalue weighted by molar-refractivity contribution is 5.95. The van der Waals surface area contributed by atoms with Crippen molar-refractivity contribution in [2.24, 2.45) is 5.92 Å². The number of amides is 1. The van der Waals surface area contributed by atoms with E-state index in [1.807, 2.05) is 4.90 Å². The summed E-state index contributed by atoms with van der Waals surface area (Å²) in [4.78, 5) is 26.0. The molecule has 0 aromatic heterocycles. The number of nitrogens with zero attached hydrogens (tertiary/aromatic N) is 2. The molecule has 172 valence electrons. The topological polar surface area (TPSA) is 103 Å². The van der Waals surface area contributed by atoms with Crippen molar-refractivity contribution in [1.82, 2.24) is 5.32 Å². The Bertz CT molecular complexity index is 969. The number of rotatable bonds is 8. The van der Waals surface area contributed by atoms with E-state index in [1.165, 1.54) is 27.4 Å². The molecule has 1 aliphatic heterocycles. The summed E-state index contributed by atoms with van der Waals surface area (Å²) >= 11 is 0. The van der Waals surface area contributed by atoms with Crippen LogP contribution in [-0.2, 0) is 6.54 Å². The number of nitro groups is 1. The van der Waals surface area contributed by atoms with Gasteiger partial charge < -0.3 is 24.4 Å². The van der Waals surface area contributed by atoms with E-state index in [1.54, 1.807) is 24.3 Å². The fourth-order valence-corrected chi connectivity index (χ4v) is 4.01. The lowest BCUT2D eigenvalue weighted by Crippen LogP contribution is -2.34. The first-order valence-corrected chi connectivity index (χ1v) is 10.5. The average Bonchev–Trinajstić information content (AvgIpc) is 2.81. The van der Waals surface area contributed by atoms with E-state index in [9.17, 15) is 14.9 Å². The first kappa shape index (κ1) is 23.2. The molecule has 9 heteroatoms. The van der Waals surface area contributed by atoms with Gasteiger partial charge in [-0.05, 0) is 48.6 Å². The van der Waals surface area contributed by atoms with Crippen LogP contribution in [0.2, 0.25) is 0 Å². The Labute approximate surface area is 187 Å². The Morgan fingerprint density at radius 3 is 2.41 bits per heavy atom. The number of carbonyl (C=O) groups is 1. The van der Waals surface area contributed by atoms with E-state index in [2.05, 4.69) is 12.2 Å². The number of hydrogen-bond donors (Lipinski definition) is 1. The summed E-state index contributed by atoms with van der Waals surface area (Å²) in [6.45, 7) is 3.88. The zero-order chi connectivity index (χ0) is 23.3. The predicted molar refractivity (Wildman–Crippen MR) is 121 cm³/mol. The van der Waals surface area contributed by atoms with E-state index in [-0.39, 0.29) is 17.8 Å². The Kier molecular flexibility index (Phi) is 7.40. The van der Waals surface area contributed by atoms with Gasteiger partial charge in [0.25, 0.3) is 11.6 Å². The first-order chi connectivity index (χ1) is 15.4. The van der Waals surface area contributed by atoms with Crippen molar-refractivity contribution >= 4 is 17.3 Å². The fraction of sp³-hybridized carbons (Fsp3) is 0.435. The lowest BCUT2D eigenvalue weighted by atomic mass is 9.99. The first-order valence-electron chi connectivity index (χ1n) is 10.5. The van der Waals surface area contributed by atoms with Gasteiger partial charge in [0.15, 0.2) is 11.5 Å². The van der Waals surface area contributed by atoms with Crippen LogP contribution in [0.15, 0.2) is 30.3 Å². The van der Waals surface area contributed by atoms with Crippen LogP contribution in [0.1, 0.15) is 35.7 Å². The summed E-state index contributed by atoms with van der Waals surface area (Å²) in [5, 5.41) is 14.5. The minimum atomic E-state index is -0.426. The van der Waals surface area contributed by atoms with Gasteiger partial charge in [0.2, 0.25) is 5.75 Å². The number of hydrogen-bond acceptors (Lipinski definition) is 7. The minimum Gasteiger partial charge on any atom is -0.493 e. The van der Waals surface area contributed by atoms with Crippen LogP contribution in [0.5, 0.6) is 17.2 Å². The van der Waals surface area contributed by atoms with Gasteiger partial charge in [-0.2, -0.15) is 0 Å². The molecular weight excluding hydrogens is 414 g/mol. The molecule has 0 bridgehead atoms. The zero-order valence-electron chi connectivity index (χ0n) is 18.8. The van der Waals surface area contributed by atoms with Gasteiger partial charge in [0.1, 0.15) is 5.69 Å². The molecule has 1 atom stereocenters. The molecule has 0 unspecified atom stereocenters. The van der Waals surface area contributed by atoms with Crippen LogP contribution in [0.4, 0.5) is 11.4 Å². The Hall–Kier alpha value is -3.49. The van der Waals surface area contributed by atoms with E-state index in [4.69, 9.17) is 14.2 Å². The van der Waals surface area contributed by atoms with E-state index >= 15 is 0 Å². The Morgan fingerprint density at radius 2 is 1.84 bits per heavy atom. The third-order valence-corrected chi connectivity index (χ3v) is 5.61. The average molecular weight is 444 g/mol. The van der Waals surface area contributed by atoms with Gasteiger partial charge in [-0.3, -0.25) is 14.9 Å². The molecule has 32 heavy (non-hydrogen) atoms. The summed E-state index contributed by atoms with van der Waals surface area (Å²) in [6.07, 6.45) is 2.11. The highest BCUT2D eigenvalue weighted by atomic mass is 16.6. The highest BCUT2D eigenvalue weighted by Crippen LogP contribution is 2.38. The SMILES string of the molecule is COc1cc(CNC(=O)c2ccc(N3CCC[C@H](C)C3)c([N+](=O)[O-])c2)cc(OC)c1OC. The number of piperidine rings is 1. The van der Waals surface area contributed by atoms with Gasteiger partial charge in [0.05, 0.1) is 26.3 Å². The maximum atomic E-state index is 12.7. The molecule has 0 radical (unpaired) electrons. The summed E-state index contributed by atoms with van der Waals surface area (Å²) in [5.74, 6) is 1.49. The second kappa shape index (κ2) is 10.2. The highest BCUT2D eigenvalue weighted by Gasteiger charge is 2.25. The number of nitro benzene ring substituents is 1. The van der Waals surface area contributed by atoms with Gasteiger partial charge in [-0.1, -0.05) is 6.92 Å². The predicted octanol–water partition coefficient (Wildman–Crippen LogP) is 3.79. The number of nitrogens with one attached hydrogen (secondary N) is 1. The van der Waals surface area contributed by atoms with E-state index in [0.717, 1.165) is 31.5 Å². The largest absolute Gasteiger partial charge is 0.493 e. The standard InChI is InChI=1S/C23H29N3O6/c1-15-6-5-9-25(14-15)18-8-7-17(12-19(18)26(28)29)23(27)24-13-16-10-20(30-2)22(32-4)21(11-16)31-3/h7-8,10-12,15H,5-6,9,13-14H2,1-4H3,(H,24,27)/t15-/m0/s1. The molecular formula is C23H29N3O6. The van der Waals surface area contributed by atoms with Crippen LogP contribution in [0.3, 0.4) is 0 Å². The maximum Gasteiger partial charge on any atom is 0.293 e. The van der Waals surface area contributed by atoms with E-state index in [0.29, 0.717) is 28.9 Å². The second-order valence-corrected chi connectivity index (χ2v) is 7.87. The molecule has 0 aliphatic carbocycles. The van der Waals surface area contributed by atoms with Crippen LogP contribution >= 0.6 is 0 Å². The van der Waals surface area contributed by atoms with Crippen LogP contribution < -0.4 is 24.4 Å². The molecule has 0 spiro atoms. The maximum absolute atomic E-state index is 12.7. The number of benzene rings is 2. The smallest absolute Gasteiger partial charge is 0.293 e. The molecule has 1 saturated heterocycles. The van der Waals surface area contributed by atoms with Crippen molar-refractivity contribution < 1.29 is 23.9 Å². The molecule has 1 amide bonds. The molecule has 1 aliphatic rings. The summed E-state index contributed by atoms with van der Waals surface area (Å²) < 4.78 is 16.0. The number of carbonyl (C=O) groups excluding carboxylic acids is 1. The lowest BCUT2D eigenvalue weighted by Gasteiger charge is -2.32. The molecule has 9 nitrogen and oxygen atoms in total. The summed E-state index contributed by atoms with van der Waals surface area (Å²) in [6, 6.07) is 8.13. The van der Waals surface area contributed by atoms with Crippen molar-refractivity contribution in [3.05, 3.63) is 51.6 Å². The van der Waals surface area contributed by atoms with Crippen LogP contribution in [0.25, 0.3) is 0 Å². The van der Waals surface area contributed by atoms with Gasteiger partial charge in [0, 0.05) is 31.3 Å². The monoisotopic (exact) mass is 443 g/mol. The van der Waals surface area contributed by atoms with Crippen molar-refractivity contribution in [2.75, 3.05) is 39.3 Å². The molecule has 1 N–H and O–H groups in total. The van der Waals surface area contributed by atoms with Gasteiger partial charge in [-0.25, -0.2) is 0 Å². The molecule has 1 heterocycles. The quantitative estimate of drug-likeness (QED) is 0.489. The Morgan fingerprint density at radius 1 is 1.16 bits per heavy atom. The van der Waals surface area contributed by atoms with Gasteiger partial charge in [-0.15, -0.1) is 0 Å². The third kappa shape index (κ3) is 5.04. The summed E-state index contributed by atoms with van der Waals surface area (Å²) in [7, 11) is 4.55. The Balaban J connectivity index is 1.78. The van der Waals surface area contributed by atoms with Crippen LogP contribution in [0, 0.1) is 16.0 Å². The van der Waals surface area contributed by atoms with Crippen molar-refractivity contribution in [2.45, 2.75) is 26.3 Å². The molecule has 1 fully saturated rings. The molecule has 0 saturated carbocycles. The fourth-order valence-electron chi connectivity index (χ4n) is 4.01. The number of anilines is 1. The third-order valence-electron chi connectivity index (χ3n) is 5.61. The minimum absolute atomic E-state index is 0.0560. The number of methoxy groups -OCH3 is 3. The normalized spacial score (nSPS) is 15.8. The van der Waals surface area contributed by atoms with Crippen molar-refractivity contribution in [3.8, 4) is 17.2 Å². The molecule has 2 aromatic rings. The van der Waals surface area contributed by atoms with Crippen molar-refractivity contribution in [3.63, 3.8) is 0 Å². The second-order valence-electron chi connectivity index (χ2n) is 7.87. The molecule has 2 aromatic carbocycles. The van der Waals surface area contributed by atoms with Gasteiger partial charge >= 0.3 is 0 Å². The summed E-state index contributed by atoms with van der Waals surface area (Å²) in [5.41, 5.74) is 1.47. The van der Waals surface area contributed by atoms with Crippen molar-refractivity contribution in [1.29, 1.82) is 0 Å². The van der Waals surface area contributed by atoms with Crippen LogP contribution in [-0.4, -0.2) is 45.2 Å². The zero-order valence-corrected chi connectivity index (χ0v) is 18.8. The lowest BCUT2D eigenvalue weighted by molar-refractivity contribution is -0.384. The number of ether oxygens (including phenoxy) is 3. The molecule has 3 rings (SSSR count). The van der Waals surface area contributed by atoms with E-state index < -0.39 is 10.8 Å².